The molecule has 0 radical (unpaired) electrons. The van der Waals surface area contributed by atoms with Crippen LogP contribution >= 0.6 is 23.2 Å². The zero-order valence-corrected chi connectivity index (χ0v) is 24.1. The highest BCUT2D eigenvalue weighted by Gasteiger charge is 2.76. The molecule has 12 heteroatoms. The molecule has 0 bridgehead atoms. The number of nitro benzene ring substituents is 1. The van der Waals surface area contributed by atoms with Crippen molar-refractivity contribution >= 4 is 69.0 Å². The van der Waals surface area contributed by atoms with Crippen LogP contribution in [0.1, 0.15) is 24.3 Å². The van der Waals surface area contributed by atoms with Crippen molar-refractivity contribution in [3.05, 3.63) is 88.0 Å². The summed E-state index contributed by atoms with van der Waals surface area (Å²) >= 11 is 14.5. The van der Waals surface area contributed by atoms with Gasteiger partial charge < -0.3 is 5.11 Å². The number of imide groups is 2. The second kappa shape index (κ2) is 9.11. The monoisotopic (exact) mass is 619 g/mol. The standard InChI is InChI=1S/C31H23Cl2N3O7/c1-34-28(40)30(32)14-21-19(25(31(30,33)29(34)41)24-18-8-3-2-5-15(18)9-12-22(24)37)10-11-20-23(21)27(39)35(26(20)38)16-6-4-7-17(13-16)36(42)43/h2-10,12-13,20-21,23,25,37H,11,14H2,1H3. The molecule has 3 aromatic carbocycles. The number of allylic oxidation sites excluding steroid dienone is 2. The van der Waals surface area contributed by atoms with Gasteiger partial charge in [0.05, 0.1) is 22.4 Å². The quantitative estimate of drug-likeness (QED) is 0.148. The highest BCUT2D eigenvalue weighted by molar-refractivity contribution is 6.53. The number of hydrogen-bond donors (Lipinski definition) is 1. The number of amides is 4. The van der Waals surface area contributed by atoms with E-state index in [0.717, 1.165) is 15.2 Å². The van der Waals surface area contributed by atoms with Gasteiger partial charge in [0, 0.05) is 30.7 Å². The molecule has 4 aliphatic rings. The molecule has 0 aromatic heterocycles. The summed E-state index contributed by atoms with van der Waals surface area (Å²) in [6.07, 6.45) is 1.69. The highest BCUT2D eigenvalue weighted by Crippen LogP contribution is 2.66. The summed E-state index contributed by atoms with van der Waals surface area (Å²) in [6, 6.07) is 15.7. The Bertz CT molecular complexity index is 1860. The Labute approximate surface area is 254 Å². The van der Waals surface area contributed by atoms with Crippen LogP contribution in [0.4, 0.5) is 11.4 Å². The van der Waals surface area contributed by atoms with Crippen LogP contribution in [0.5, 0.6) is 5.75 Å². The van der Waals surface area contributed by atoms with Crippen LogP contribution in [0.25, 0.3) is 10.8 Å². The van der Waals surface area contributed by atoms with E-state index in [1.54, 1.807) is 24.3 Å². The third kappa shape index (κ3) is 3.41. The molecule has 4 amide bonds. The van der Waals surface area contributed by atoms with Crippen molar-refractivity contribution in [1.82, 2.24) is 4.90 Å². The number of carbonyl (C=O) groups excluding carboxylic acids is 4. The average molecular weight is 620 g/mol. The van der Waals surface area contributed by atoms with Crippen molar-refractivity contribution in [3.63, 3.8) is 0 Å². The maximum Gasteiger partial charge on any atom is 0.271 e. The van der Waals surface area contributed by atoms with E-state index >= 15 is 0 Å². The Morgan fingerprint density at radius 2 is 1.70 bits per heavy atom. The Kier molecular flexibility index (Phi) is 5.84. The number of hydrogen-bond acceptors (Lipinski definition) is 7. The number of alkyl halides is 2. The zero-order chi connectivity index (χ0) is 30.6. The minimum absolute atomic E-state index is 0.0679. The number of rotatable bonds is 3. The van der Waals surface area contributed by atoms with E-state index in [1.807, 2.05) is 12.1 Å². The summed E-state index contributed by atoms with van der Waals surface area (Å²) in [5.41, 5.74) is 0.632. The van der Waals surface area contributed by atoms with E-state index in [0.29, 0.717) is 16.5 Å². The number of aromatic hydroxyl groups is 1. The Morgan fingerprint density at radius 3 is 2.44 bits per heavy atom. The summed E-state index contributed by atoms with van der Waals surface area (Å²) in [4.78, 5) is 64.0. The fourth-order valence-corrected chi connectivity index (χ4v) is 8.65. The fourth-order valence-electron chi connectivity index (χ4n) is 7.65. The molecule has 1 N–H and O–H groups in total. The van der Waals surface area contributed by atoms with Gasteiger partial charge in [-0.2, -0.15) is 0 Å². The first-order valence-corrected chi connectivity index (χ1v) is 14.4. The molecule has 2 aliphatic heterocycles. The number of carbonyl (C=O) groups is 4. The number of nitrogens with zero attached hydrogens (tertiary/aromatic N) is 3. The molecular formula is C31H23Cl2N3O7. The van der Waals surface area contributed by atoms with Gasteiger partial charge in [-0.05, 0) is 41.7 Å². The van der Waals surface area contributed by atoms with Crippen molar-refractivity contribution in [2.24, 2.45) is 17.8 Å². The number of nitro groups is 1. The van der Waals surface area contributed by atoms with E-state index in [9.17, 15) is 34.4 Å². The van der Waals surface area contributed by atoms with E-state index in [2.05, 4.69) is 0 Å². The van der Waals surface area contributed by atoms with Crippen molar-refractivity contribution in [2.45, 2.75) is 28.5 Å². The van der Waals surface area contributed by atoms with Crippen LogP contribution < -0.4 is 4.90 Å². The second-order valence-corrected chi connectivity index (χ2v) is 12.7. The topological polar surface area (TPSA) is 138 Å². The highest BCUT2D eigenvalue weighted by atomic mass is 35.5. The Balaban J connectivity index is 1.43. The lowest BCUT2D eigenvalue weighted by Crippen LogP contribution is -2.60. The van der Waals surface area contributed by atoms with Gasteiger partial charge >= 0.3 is 0 Å². The first kappa shape index (κ1) is 27.5. The summed E-state index contributed by atoms with van der Waals surface area (Å²) in [6.45, 7) is 0. The summed E-state index contributed by atoms with van der Waals surface area (Å²) in [5, 5.41) is 24.1. The van der Waals surface area contributed by atoms with Crippen LogP contribution in [0.2, 0.25) is 0 Å². The maximum atomic E-state index is 14.1. The van der Waals surface area contributed by atoms with Gasteiger partial charge in [0.25, 0.3) is 17.5 Å². The van der Waals surface area contributed by atoms with Gasteiger partial charge in [-0.15, -0.1) is 23.2 Å². The van der Waals surface area contributed by atoms with Crippen molar-refractivity contribution in [1.29, 1.82) is 0 Å². The second-order valence-electron chi connectivity index (χ2n) is 11.5. The van der Waals surface area contributed by atoms with Crippen LogP contribution in [0.15, 0.2) is 72.3 Å². The summed E-state index contributed by atoms with van der Waals surface area (Å²) in [7, 11) is 1.30. The smallest absolute Gasteiger partial charge is 0.271 e. The van der Waals surface area contributed by atoms with Crippen molar-refractivity contribution in [3.8, 4) is 5.75 Å². The molecule has 3 fully saturated rings. The average Bonchev–Trinajstić information content (AvgIpc) is 3.32. The third-order valence-corrected chi connectivity index (χ3v) is 11.0. The van der Waals surface area contributed by atoms with E-state index < -0.39 is 62.0 Å². The lowest BCUT2D eigenvalue weighted by molar-refractivity contribution is -0.384. The number of anilines is 1. The van der Waals surface area contributed by atoms with Gasteiger partial charge in [0.2, 0.25) is 11.8 Å². The molecule has 0 spiro atoms. The van der Waals surface area contributed by atoms with Crippen LogP contribution in [-0.4, -0.2) is 55.4 Å². The van der Waals surface area contributed by atoms with Gasteiger partial charge in [0.15, 0.2) is 9.75 Å². The normalized spacial score (nSPS) is 31.7. The minimum Gasteiger partial charge on any atom is -0.508 e. The Hall–Kier alpha value is -4.28. The third-order valence-electron chi connectivity index (χ3n) is 9.55. The molecule has 6 unspecified atom stereocenters. The number of phenolic OH excluding ortho intramolecular Hbond substituents is 1. The predicted molar refractivity (Wildman–Crippen MR) is 157 cm³/mol. The largest absolute Gasteiger partial charge is 0.508 e. The zero-order valence-electron chi connectivity index (χ0n) is 22.6. The van der Waals surface area contributed by atoms with Crippen molar-refractivity contribution in [2.75, 3.05) is 11.9 Å². The number of benzene rings is 3. The molecule has 1 saturated carbocycles. The number of non-ortho nitro benzene ring substituents is 1. The molecule has 2 saturated heterocycles. The molecule has 6 atom stereocenters. The molecule has 3 aromatic rings. The number of phenols is 1. The molecular weight excluding hydrogens is 597 g/mol. The summed E-state index contributed by atoms with van der Waals surface area (Å²) in [5.74, 6) is -6.43. The van der Waals surface area contributed by atoms with Crippen molar-refractivity contribution < 1.29 is 29.2 Å². The van der Waals surface area contributed by atoms with Gasteiger partial charge in [-0.3, -0.25) is 34.2 Å². The SMILES string of the molecule is CN1C(=O)C2(Cl)CC3C(=CCC4C(=O)N(c5cccc([N+](=O)[O-])c5)C(=O)C43)C(c3c(O)ccc4ccccc34)C2(Cl)C1=O. The molecule has 7 rings (SSSR count). The number of halogens is 2. The van der Waals surface area contributed by atoms with Crippen LogP contribution in [0.3, 0.4) is 0 Å². The molecule has 43 heavy (non-hydrogen) atoms. The van der Waals surface area contributed by atoms with E-state index in [1.165, 1.54) is 37.4 Å². The minimum atomic E-state index is -2.04. The first-order valence-electron chi connectivity index (χ1n) is 13.6. The van der Waals surface area contributed by atoms with E-state index in [-0.39, 0.29) is 30.0 Å². The first-order chi connectivity index (χ1) is 20.4. The van der Waals surface area contributed by atoms with Gasteiger partial charge in [-0.25, -0.2) is 4.90 Å². The molecule has 10 nitrogen and oxygen atoms in total. The predicted octanol–water partition coefficient (Wildman–Crippen LogP) is 4.65. The number of fused-ring (bicyclic) bond motifs is 5. The van der Waals surface area contributed by atoms with Crippen LogP contribution in [0, 0.1) is 27.9 Å². The maximum absolute atomic E-state index is 14.1. The summed E-state index contributed by atoms with van der Waals surface area (Å²) < 4.78 is 0. The van der Waals surface area contributed by atoms with Gasteiger partial charge in [0.1, 0.15) is 5.75 Å². The Morgan fingerprint density at radius 1 is 0.953 bits per heavy atom. The van der Waals surface area contributed by atoms with Crippen LogP contribution in [-0.2, 0) is 19.2 Å². The lowest BCUT2D eigenvalue weighted by atomic mass is 9.56. The fraction of sp³-hybridized carbons (Fsp3) is 0.290. The van der Waals surface area contributed by atoms with E-state index in [4.69, 9.17) is 23.2 Å². The molecule has 2 aliphatic carbocycles. The number of likely N-dealkylation sites (tertiary alicyclic amines) is 1. The molecule has 2 heterocycles. The molecule has 218 valence electrons. The van der Waals surface area contributed by atoms with Gasteiger partial charge in [-0.1, -0.05) is 48.0 Å². The lowest BCUT2D eigenvalue weighted by Gasteiger charge is -2.51.